The number of hydrogen-bond donors (Lipinski definition) is 1. The number of fused-ring (bicyclic) bond motifs is 1. The molecule has 1 saturated heterocycles. The molecule has 0 unspecified atom stereocenters. The Balaban J connectivity index is 1.36. The minimum Gasteiger partial charge on any atom is -0.378 e. The average Bonchev–Trinajstić information content (AvgIpc) is 2.86. The quantitative estimate of drug-likeness (QED) is 0.605. The summed E-state index contributed by atoms with van der Waals surface area (Å²) in [6, 6.07) is 25.2. The van der Waals surface area contributed by atoms with E-state index in [1.54, 1.807) is 0 Å². The number of benzene rings is 3. The molecule has 0 spiro atoms. The largest absolute Gasteiger partial charge is 0.378 e. The van der Waals surface area contributed by atoms with Gasteiger partial charge in [-0.15, -0.1) is 0 Å². The van der Waals surface area contributed by atoms with Gasteiger partial charge in [0.25, 0.3) is 0 Å². The molecule has 2 heterocycles. The van der Waals surface area contributed by atoms with Gasteiger partial charge >= 0.3 is 6.03 Å². The van der Waals surface area contributed by atoms with Crippen LogP contribution in [0, 0.1) is 6.92 Å². The molecule has 0 bridgehead atoms. The van der Waals surface area contributed by atoms with Gasteiger partial charge in [-0.25, -0.2) is 4.79 Å². The Morgan fingerprint density at radius 3 is 2.52 bits per heavy atom. The summed E-state index contributed by atoms with van der Waals surface area (Å²) in [5.74, 6) is 0. The molecule has 3 aromatic rings. The highest BCUT2D eigenvalue weighted by atomic mass is 16.5. The van der Waals surface area contributed by atoms with Crippen LogP contribution in [-0.4, -0.2) is 43.8 Å². The molecule has 0 saturated carbocycles. The number of hydrogen-bond acceptors (Lipinski definition) is 3. The van der Waals surface area contributed by atoms with Crippen LogP contribution in [0.1, 0.15) is 28.3 Å². The molecule has 2 aliphatic heterocycles. The Labute approximate surface area is 196 Å². The van der Waals surface area contributed by atoms with Crippen LogP contribution in [0.15, 0.2) is 72.8 Å². The molecule has 2 aliphatic rings. The maximum Gasteiger partial charge on any atom is 0.322 e. The van der Waals surface area contributed by atoms with Gasteiger partial charge in [-0.05, 0) is 60.2 Å². The number of urea groups is 1. The molecule has 0 aliphatic carbocycles. The van der Waals surface area contributed by atoms with Crippen LogP contribution in [0.5, 0.6) is 0 Å². The minimum absolute atomic E-state index is 0.0188. The summed E-state index contributed by atoms with van der Waals surface area (Å²) >= 11 is 0. The predicted molar refractivity (Wildman–Crippen MR) is 133 cm³/mol. The summed E-state index contributed by atoms with van der Waals surface area (Å²) in [5, 5.41) is 3.20. The van der Waals surface area contributed by atoms with Crippen LogP contribution in [0.4, 0.5) is 16.2 Å². The molecule has 0 aromatic heterocycles. The molecule has 5 nitrogen and oxygen atoms in total. The highest BCUT2D eigenvalue weighted by molar-refractivity contribution is 5.91. The molecule has 33 heavy (non-hydrogen) atoms. The zero-order valence-corrected chi connectivity index (χ0v) is 19.2. The van der Waals surface area contributed by atoms with Crippen LogP contribution in [0.2, 0.25) is 0 Å². The lowest BCUT2D eigenvalue weighted by Crippen LogP contribution is -2.43. The summed E-state index contributed by atoms with van der Waals surface area (Å²) in [6.45, 7) is 6.10. The fourth-order valence-electron chi connectivity index (χ4n) is 4.95. The van der Waals surface area contributed by atoms with Gasteiger partial charge in [-0.1, -0.05) is 54.6 Å². The van der Waals surface area contributed by atoms with Crippen LogP contribution in [-0.2, 0) is 17.6 Å². The first-order chi connectivity index (χ1) is 16.2. The molecule has 5 heteroatoms. The van der Waals surface area contributed by atoms with E-state index in [0.29, 0.717) is 6.54 Å². The van der Waals surface area contributed by atoms with Crippen molar-refractivity contribution in [3.63, 3.8) is 0 Å². The highest BCUT2D eigenvalue weighted by Crippen LogP contribution is 2.33. The van der Waals surface area contributed by atoms with Crippen molar-refractivity contribution >= 4 is 17.4 Å². The maximum atomic E-state index is 13.5. The number of anilines is 2. The van der Waals surface area contributed by atoms with Gasteiger partial charge in [0.15, 0.2) is 0 Å². The molecule has 1 N–H and O–H groups in total. The molecule has 3 aromatic carbocycles. The summed E-state index contributed by atoms with van der Waals surface area (Å²) in [7, 11) is 0. The summed E-state index contributed by atoms with van der Waals surface area (Å²) in [6.07, 6.45) is 1.68. The maximum absolute atomic E-state index is 13.5. The number of rotatable bonds is 4. The fourth-order valence-corrected chi connectivity index (χ4v) is 4.95. The molecule has 1 fully saturated rings. The van der Waals surface area contributed by atoms with E-state index >= 15 is 0 Å². The van der Waals surface area contributed by atoms with Crippen molar-refractivity contribution in [2.45, 2.75) is 25.8 Å². The predicted octanol–water partition coefficient (Wildman–Crippen LogP) is 5.21. The number of carbonyl (C=O) groups excluding carboxylic acids is 1. The SMILES string of the molecule is Cc1cc(N2CCOCC2)ccc1NC(=O)N1CCc2ccccc2[C@H]1Cc1ccccc1. The molecule has 170 valence electrons. The van der Waals surface area contributed by atoms with Gasteiger partial charge in [-0.2, -0.15) is 0 Å². The van der Waals surface area contributed by atoms with Gasteiger partial charge in [0, 0.05) is 31.0 Å². The third-order valence-corrected chi connectivity index (χ3v) is 6.77. The number of aryl methyl sites for hydroxylation is 1. The molecule has 2 amide bonds. The Bertz CT molecular complexity index is 1110. The standard InChI is InChI=1S/C28H31N3O2/c1-21-19-24(30-15-17-33-18-16-30)11-12-26(21)29-28(32)31-14-13-23-9-5-6-10-25(23)27(31)20-22-7-3-2-4-8-22/h2-12,19,27H,13-18,20H2,1H3,(H,29,32)/t27-/m1/s1. The second kappa shape index (κ2) is 9.67. The molecule has 0 radical (unpaired) electrons. The topological polar surface area (TPSA) is 44.8 Å². The first kappa shape index (κ1) is 21.5. The lowest BCUT2D eigenvalue weighted by molar-refractivity contribution is 0.122. The van der Waals surface area contributed by atoms with Gasteiger partial charge in [0.2, 0.25) is 0 Å². The van der Waals surface area contributed by atoms with Gasteiger partial charge in [0.05, 0.1) is 19.3 Å². The van der Waals surface area contributed by atoms with Crippen LogP contribution in [0.25, 0.3) is 0 Å². The van der Waals surface area contributed by atoms with Crippen molar-refractivity contribution in [2.75, 3.05) is 43.1 Å². The van der Waals surface area contributed by atoms with Crippen molar-refractivity contribution < 1.29 is 9.53 Å². The van der Waals surface area contributed by atoms with E-state index in [1.165, 1.54) is 22.4 Å². The van der Waals surface area contributed by atoms with Crippen molar-refractivity contribution in [1.82, 2.24) is 4.90 Å². The Morgan fingerprint density at radius 2 is 1.73 bits per heavy atom. The van der Waals surface area contributed by atoms with E-state index in [2.05, 4.69) is 77.8 Å². The molecule has 5 rings (SSSR count). The third kappa shape index (κ3) is 4.74. The summed E-state index contributed by atoms with van der Waals surface area (Å²) < 4.78 is 5.47. The van der Waals surface area contributed by atoms with E-state index < -0.39 is 0 Å². The number of morpholine rings is 1. The lowest BCUT2D eigenvalue weighted by atomic mass is 9.89. The van der Waals surface area contributed by atoms with Gasteiger partial charge in [0.1, 0.15) is 0 Å². The van der Waals surface area contributed by atoms with Crippen molar-refractivity contribution in [3.8, 4) is 0 Å². The minimum atomic E-state index is -0.0346. The van der Waals surface area contributed by atoms with Crippen molar-refractivity contribution in [1.29, 1.82) is 0 Å². The van der Waals surface area contributed by atoms with E-state index in [9.17, 15) is 4.79 Å². The van der Waals surface area contributed by atoms with E-state index in [-0.39, 0.29) is 12.1 Å². The highest BCUT2D eigenvalue weighted by Gasteiger charge is 2.31. The lowest BCUT2D eigenvalue weighted by Gasteiger charge is -2.37. The second-order valence-electron chi connectivity index (χ2n) is 8.88. The smallest absolute Gasteiger partial charge is 0.322 e. The zero-order chi connectivity index (χ0) is 22.6. The zero-order valence-electron chi connectivity index (χ0n) is 19.2. The number of carbonyl (C=O) groups is 1. The second-order valence-corrected chi connectivity index (χ2v) is 8.88. The summed E-state index contributed by atoms with van der Waals surface area (Å²) in [5.41, 5.74) is 6.96. The Hall–Kier alpha value is -3.31. The summed E-state index contributed by atoms with van der Waals surface area (Å²) in [4.78, 5) is 17.8. The van der Waals surface area contributed by atoms with E-state index in [0.717, 1.165) is 50.4 Å². The third-order valence-electron chi connectivity index (χ3n) is 6.77. The fraction of sp³-hybridized carbons (Fsp3) is 0.321. The normalized spacial score (nSPS) is 18.0. The Morgan fingerprint density at radius 1 is 0.970 bits per heavy atom. The molecular weight excluding hydrogens is 410 g/mol. The van der Waals surface area contributed by atoms with Crippen molar-refractivity contribution in [2.24, 2.45) is 0 Å². The number of nitrogens with zero attached hydrogens (tertiary/aromatic N) is 2. The van der Waals surface area contributed by atoms with E-state index in [4.69, 9.17) is 4.74 Å². The monoisotopic (exact) mass is 441 g/mol. The van der Waals surface area contributed by atoms with Gasteiger partial charge < -0.3 is 19.9 Å². The van der Waals surface area contributed by atoms with Crippen LogP contribution >= 0.6 is 0 Å². The number of ether oxygens (including phenoxy) is 1. The van der Waals surface area contributed by atoms with Crippen molar-refractivity contribution in [3.05, 3.63) is 95.1 Å². The first-order valence-electron chi connectivity index (χ1n) is 11.8. The Kier molecular flexibility index (Phi) is 6.31. The number of nitrogens with one attached hydrogen (secondary N) is 1. The molecule has 1 atom stereocenters. The van der Waals surface area contributed by atoms with Crippen LogP contribution in [0.3, 0.4) is 0 Å². The van der Waals surface area contributed by atoms with Gasteiger partial charge in [-0.3, -0.25) is 0 Å². The average molecular weight is 442 g/mol. The van der Waals surface area contributed by atoms with Crippen LogP contribution < -0.4 is 10.2 Å². The number of amides is 2. The van der Waals surface area contributed by atoms with E-state index in [1.807, 2.05) is 17.0 Å². The molecular formula is C28H31N3O2. The first-order valence-corrected chi connectivity index (χ1v) is 11.8.